The van der Waals surface area contributed by atoms with Crippen molar-refractivity contribution in [3.63, 3.8) is 0 Å². The number of anilines is 1. The van der Waals surface area contributed by atoms with E-state index in [1.54, 1.807) is 12.1 Å². The number of para-hydroxylation sites is 1. The molecule has 33 heavy (non-hydrogen) atoms. The molecule has 2 fully saturated rings. The second-order valence-corrected chi connectivity index (χ2v) is 8.36. The van der Waals surface area contributed by atoms with Gasteiger partial charge in [0.25, 0.3) is 5.69 Å². The van der Waals surface area contributed by atoms with E-state index in [1.807, 2.05) is 29.3 Å². The van der Waals surface area contributed by atoms with Crippen LogP contribution in [-0.2, 0) is 16.3 Å². The van der Waals surface area contributed by atoms with Crippen LogP contribution in [0.1, 0.15) is 36.4 Å². The van der Waals surface area contributed by atoms with E-state index in [0.717, 1.165) is 36.2 Å². The molecule has 5 rings (SSSR count). The number of hydroxylamine groups is 1. The molecule has 7 heteroatoms. The fourth-order valence-electron chi connectivity index (χ4n) is 4.71. The Labute approximate surface area is 192 Å². The van der Waals surface area contributed by atoms with E-state index in [1.165, 1.54) is 17.7 Å². The number of hydrogen-bond donors (Lipinski definition) is 0. The molecule has 2 aliphatic rings. The molecule has 1 aliphatic carbocycles. The SMILES string of the molecule is O=[N+]([O-])c1ccc(CO/N=C2/CCC[C@@H]3ON(c4ccccc4)[C@H](c4ccccc4)[C@@H]23)cc1. The molecule has 0 aromatic heterocycles. The van der Waals surface area contributed by atoms with Gasteiger partial charge in [-0.15, -0.1) is 0 Å². The smallest absolute Gasteiger partial charge is 0.269 e. The molecule has 0 spiro atoms. The first-order valence-electron chi connectivity index (χ1n) is 11.2. The molecule has 1 heterocycles. The van der Waals surface area contributed by atoms with Crippen LogP contribution in [0.4, 0.5) is 11.4 Å². The zero-order valence-corrected chi connectivity index (χ0v) is 18.1. The standard InChI is InChI=1S/C26H25N3O4/c30-29(31)22-16-14-19(15-17-22)18-32-27-23-12-7-13-24-25(23)26(20-8-3-1-4-9-20)28(33-24)21-10-5-2-6-11-21/h1-6,8-11,14-17,24-26H,7,12-13,18H2/b27-23-/t24-,25-,26+/m0/s1. The van der Waals surface area contributed by atoms with Gasteiger partial charge in [0, 0.05) is 12.1 Å². The van der Waals surface area contributed by atoms with Gasteiger partial charge >= 0.3 is 0 Å². The zero-order valence-electron chi connectivity index (χ0n) is 18.1. The average Bonchev–Trinajstić information content (AvgIpc) is 3.26. The number of non-ortho nitro benzene ring substituents is 1. The third-order valence-electron chi connectivity index (χ3n) is 6.26. The van der Waals surface area contributed by atoms with Gasteiger partial charge in [0.15, 0.2) is 0 Å². The fourth-order valence-corrected chi connectivity index (χ4v) is 4.71. The Bertz CT molecular complexity index is 1120. The molecule has 3 atom stereocenters. The fraction of sp³-hybridized carbons (Fsp3) is 0.269. The second-order valence-electron chi connectivity index (χ2n) is 8.36. The minimum Gasteiger partial charge on any atom is -0.391 e. The lowest BCUT2D eigenvalue weighted by atomic mass is 9.78. The van der Waals surface area contributed by atoms with Crippen LogP contribution in [0.15, 0.2) is 90.1 Å². The summed E-state index contributed by atoms with van der Waals surface area (Å²) in [6, 6.07) is 26.9. The highest BCUT2D eigenvalue weighted by Gasteiger charge is 2.48. The van der Waals surface area contributed by atoms with Gasteiger partial charge < -0.3 is 4.84 Å². The number of oxime groups is 1. The Hall–Kier alpha value is -3.71. The molecule has 0 radical (unpaired) electrons. The summed E-state index contributed by atoms with van der Waals surface area (Å²) in [5, 5.41) is 17.4. The number of benzene rings is 3. The summed E-state index contributed by atoms with van der Waals surface area (Å²) < 4.78 is 0. The van der Waals surface area contributed by atoms with E-state index in [0.29, 0.717) is 0 Å². The first kappa shape index (κ1) is 21.2. The van der Waals surface area contributed by atoms with Crippen LogP contribution in [-0.4, -0.2) is 16.7 Å². The number of nitrogens with zero attached hydrogens (tertiary/aromatic N) is 3. The van der Waals surface area contributed by atoms with Crippen LogP contribution in [0.3, 0.4) is 0 Å². The third kappa shape index (κ3) is 4.45. The van der Waals surface area contributed by atoms with Crippen molar-refractivity contribution in [2.75, 3.05) is 5.06 Å². The summed E-state index contributed by atoms with van der Waals surface area (Å²) in [6.07, 6.45) is 2.85. The van der Waals surface area contributed by atoms with Gasteiger partial charge in [-0.05, 0) is 54.7 Å². The zero-order chi connectivity index (χ0) is 22.6. The van der Waals surface area contributed by atoms with Crippen molar-refractivity contribution in [1.29, 1.82) is 0 Å². The van der Waals surface area contributed by atoms with Gasteiger partial charge in [0.1, 0.15) is 6.61 Å². The lowest BCUT2D eigenvalue weighted by molar-refractivity contribution is -0.384. The number of nitro benzene ring substituents is 1. The van der Waals surface area contributed by atoms with E-state index in [2.05, 4.69) is 41.6 Å². The first-order valence-corrected chi connectivity index (χ1v) is 11.2. The average molecular weight is 444 g/mol. The van der Waals surface area contributed by atoms with Gasteiger partial charge in [-0.1, -0.05) is 53.7 Å². The third-order valence-corrected chi connectivity index (χ3v) is 6.26. The van der Waals surface area contributed by atoms with E-state index < -0.39 is 4.92 Å². The van der Waals surface area contributed by atoms with E-state index in [9.17, 15) is 10.1 Å². The van der Waals surface area contributed by atoms with Crippen LogP contribution in [0.2, 0.25) is 0 Å². The Kier molecular flexibility index (Phi) is 6.04. The molecule has 1 saturated carbocycles. The van der Waals surface area contributed by atoms with Crippen molar-refractivity contribution in [2.24, 2.45) is 11.1 Å². The minimum atomic E-state index is -0.407. The van der Waals surface area contributed by atoms with Crippen LogP contribution < -0.4 is 5.06 Å². The molecule has 3 aromatic carbocycles. The normalized spacial score (nSPS) is 23.3. The topological polar surface area (TPSA) is 77.2 Å². The number of hydrogen-bond acceptors (Lipinski definition) is 6. The molecule has 0 amide bonds. The van der Waals surface area contributed by atoms with Crippen LogP contribution >= 0.6 is 0 Å². The molecule has 0 unspecified atom stereocenters. The van der Waals surface area contributed by atoms with Gasteiger partial charge in [-0.3, -0.25) is 15.0 Å². The Morgan fingerprint density at radius 2 is 1.70 bits per heavy atom. The largest absolute Gasteiger partial charge is 0.391 e. The van der Waals surface area contributed by atoms with E-state index in [4.69, 9.17) is 9.68 Å². The number of rotatable bonds is 6. The Morgan fingerprint density at radius 3 is 2.39 bits per heavy atom. The van der Waals surface area contributed by atoms with Crippen LogP contribution in [0.5, 0.6) is 0 Å². The first-order chi connectivity index (χ1) is 16.2. The summed E-state index contributed by atoms with van der Waals surface area (Å²) in [5.74, 6) is 0.0817. The molecule has 1 saturated heterocycles. The lowest BCUT2D eigenvalue weighted by Crippen LogP contribution is -2.33. The molecule has 0 N–H and O–H groups in total. The van der Waals surface area contributed by atoms with E-state index in [-0.39, 0.29) is 30.4 Å². The molecule has 0 bridgehead atoms. The lowest BCUT2D eigenvalue weighted by Gasteiger charge is -2.29. The highest BCUT2D eigenvalue weighted by Crippen LogP contribution is 2.47. The van der Waals surface area contributed by atoms with Crippen molar-refractivity contribution < 1.29 is 14.6 Å². The van der Waals surface area contributed by atoms with Crippen molar-refractivity contribution in [1.82, 2.24) is 0 Å². The Morgan fingerprint density at radius 1 is 1.00 bits per heavy atom. The predicted molar refractivity (Wildman–Crippen MR) is 126 cm³/mol. The highest BCUT2D eigenvalue weighted by molar-refractivity contribution is 5.89. The van der Waals surface area contributed by atoms with Crippen molar-refractivity contribution in [3.05, 3.63) is 106 Å². The Balaban J connectivity index is 1.40. The molecule has 168 valence electrons. The van der Waals surface area contributed by atoms with E-state index >= 15 is 0 Å². The summed E-state index contributed by atoms with van der Waals surface area (Å²) >= 11 is 0. The number of nitro groups is 1. The summed E-state index contributed by atoms with van der Waals surface area (Å²) in [7, 11) is 0. The quantitative estimate of drug-likeness (QED) is 0.354. The summed E-state index contributed by atoms with van der Waals surface area (Å²) in [5.41, 5.74) is 4.10. The monoisotopic (exact) mass is 443 g/mol. The number of fused-ring (bicyclic) bond motifs is 1. The van der Waals surface area contributed by atoms with Gasteiger partial charge in [0.05, 0.1) is 34.4 Å². The van der Waals surface area contributed by atoms with Crippen LogP contribution in [0.25, 0.3) is 0 Å². The molecule has 3 aromatic rings. The van der Waals surface area contributed by atoms with Crippen LogP contribution in [0, 0.1) is 16.0 Å². The van der Waals surface area contributed by atoms with Crippen molar-refractivity contribution in [3.8, 4) is 0 Å². The molecule has 7 nitrogen and oxygen atoms in total. The van der Waals surface area contributed by atoms with Gasteiger partial charge in [-0.2, -0.15) is 0 Å². The molecular weight excluding hydrogens is 418 g/mol. The van der Waals surface area contributed by atoms with Gasteiger partial charge in [-0.25, -0.2) is 5.06 Å². The summed E-state index contributed by atoms with van der Waals surface area (Å²) in [4.78, 5) is 22.7. The van der Waals surface area contributed by atoms with Gasteiger partial charge in [0.2, 0.25) is 0 Å². The highest BCUT2D eigenvalue weighted by atomic mass is 16.7. The molecular formula is C26H25N3O4. The minimum absolute atomic E-state index is 0.000579. The maximum absolute atomic E-state index is 10.9. The predicted octanol–water partition coefficient (Wildman–Crippen LogP) is 5.83. The van der Waals surface area contributed by atoms with Crippen molar-refractivity contribution >= 4 is 17.1 Å². The second kappa shape index (κ2) is 9.42. The summed E-state index contributed by atoms with van der Waals surface area (Å²) in [6.45, 7) is 0.262. The molecule has 1 aliphatic heterocycles. The van der Waals surface area contributed by atoms with Crippen molar-refractivity contribution in [2.45, 2.75) is 38.0 Å². The maximum Gasteiger partial charge on any atom is 0.269 e. The maximum atomic E-state index is 10.9.